The van der Waals surface area contributed by atoms with Crippen LogP contribution in [0.2, 0.25) is 0 Å². The molecule has 0 radical (unpaired) electrons. The van der Waals surface area contributed by atoms with Gasteiger partial charge in [-0.2, -0.15) is 0 Å². The van der Waals surface area contributed by atoms with Gasteiger partial charge in [0.05, 0.1) is 52.9 Å². The van der Waals surface area contributed by atoms with Crippen molar-refractivity contribution in [3.63, 3.8) is 0 Å². The van der Waals surface area contributed by atoms with Gasteiger partial charge in [-0.05, 0) is 146 Å². The maximum absolute atomic E-state index is 7.45. The SMILES string of the molecule is CCCCCOc1cc(OCCCCC)c2cc1C(c1ccc(Br)cc1)c1cc(c(OCCCCC)cc1OCCCCC)C(c1ccc(Br)cc1)c1cc(c(OCCCCC)cc1OCCCCC)C(c1ccc(Br)cc1)c1cc(c(OCCCCC)cc1OCCCCC)C2c1ccc(Br)cc1. The first-order valence-corrected chi connectivity index (χ1v) is 42.9. The van der Waals surface area contributed by atoms with Gasteiger partial charge in [-0.15, -0.1) is 0 Å². The molecule has 0 atom stereocenters. The Morgan fingerprint density at radius 1 is 0.192 bits per heavy atom. The highest BCUT2D eigenvalue weighted by atomic mass is 79.9. The molecule has 104 heavy (non-hydrogen) atoms. The minimum Gasteiger partial charge on any atom is -0.493 e. The first-order chi connectivity index (χ1) is 51.0. The van der Waals surface area contributed by atoms with Gasteiger partial charge in [-0.3, -0.25) is 0 Å². The molecule has 0 saturated heterocycles. The lowest BCUT2D eigenvalue weighted by Crippen LogP contribution is -2.18. The van der Waals surface area contributed by atoms with Crippen LogP contribution >= 0.6 is 63.7 Å². The molecule has 0 heterocycles. The van der Waals surface area contributed by atoms with Gasteiger partial charge >= 0.3 is 0 Å². The van der Waals surface area contributed by atoms with Crippen molar-refractivity contribution in [2.45, 2.75) is 233 Å². The second-order valence-electron chi connectivity index (χ2n) is 28.1. The lowest BCUT2D eigenvalue weighted by atomic mass is 9.75. The summed E-state index contributed by atoms with van der Waals surface area (Å²) in [6.45, 7) is 22.2. The molecule has 1 aliphatic carbocycles. The van der Waals surface area contributed by atoms with Crippen LogP contribution in [0, 0.1) is 0 Å². The van der Waals surface area contributed by atoms with Gasteiger partial charge in [0.25, 0.3) is 0 Å². The van der Waals surface area contributed by atoms with Crippen LogP contribution in [-0.4, -0.2) is 52.9 Å². The minimum atomic E-state index is -0.476. The fourth-order valence-corrected chi connectivity index (χ4v) is 15.2. The monoisotopic (exact) mass is 1660 g/mol. The van der Waals surface area contributed by atoms with Gasteiger partial charge in [-0.25, -0.2) is 0 Å². The molecule has 0 N–H and O–H groups in total. The van der Waals surface area contributed by atoms with Crippen molar-refractivity contribution in [3.05, 3.63) is 230 Å². The van der Waals surface area contributed by atoms with Crippen molar-refractivity contribution >= 4 is 63.7 Å². The van der Waals surface area contributed by atoms with Crippen molar-refractivity contribution < 1.29 is 37.9 Å². The van der Waals surface area contributed by atoms with E-state index >= 15 is 0 Å². The normalized spacial score (nSPS) is 14.8. The van der Waals surface area contributed by atoms with Crippen molar-refractivity contribution in [2.24, 2.45) is 0 Å². The van der Waals surface area contributed by atoms with Crippen LogP contribution in [0.1, 0.15) is 300 Å². The molecule has 8 bridgehead atoms. The van der Waals surface area contributed by atoms with Crippen LogP contribution in [0.3, 0.4) is 0 Å². The molecule has 0 fully saturated rings. The van der Waals surface area contributed by atoms with Crippen LogP contribution in [0.4, 0.5) is 0 Å². The molecule has 560 valence electrons. The predicted molar refractivity (Wildman–Crippen MR) is 446 cm³/mol. The summed E-state index contributed by atoms with van der Waals surface area (Å²) in [6.07, 6.45) is 23.9. The maximum atomic E-state index is 7.45. The predicted octanol–water partition coefficient (Wildman–Crippen LogP) is 28.3. The van der Waals surface area contributed by atoms with E-state index in [9.17, 15) is 0 Å². The molecule has 0 saturated carbocycles. The Morgan fingerprint density at radius 3 is 0.452 bits per heavy atom. The zero-order chi connectivity index (χ0) is 73.4. The maximum Gasteiger partial charge on any atom is 0.127 e. The van der Waals surface area contributed by atoms with E-state index in [1.807, 2.05) is 0 Å². The van der Waals surface area contributed by atoms with E-state index in [2.05, 4.69) is 265 Å². The van der Waals surface area contributed by atoms with Gasteiger partial charge in [0.2, 0.25) is 0 Å². The third-order valence-electron chi connectivity index (χ3n) is 19.9. The van der Waals surface area contributed by atoms with E-state index in [0.29, 0.717) is 52.9 Å². The van der Waals surface area contributed by atoms with E-state index in [1.165, 1.54) is 0 Å². The Labute approximate surface area is 658 Å². The number of ether oxygens (including phenoxy) is 8. The number of fused-ring (bicyclic) bond motifs is 8. The quantitative estimate of drug-likeness (QED) is 0.0350. The van der Waals surface area contributed by atoms with Crippen LogP contribution in [0.15, 0.2) is 163 Å². The number of unbranched alkanes of at least 4 members (excludes halogenated alkanes) is 16. The molecule has 0 aliphatic heterocycles. The topological polar surface area (TPSA) is 73.8 Å². The summed E-state index contributed by atoms with van der Waals surface area (Å²) in [5.41, 5.74) is 12.3. The van der Waals surface area contributed by atoms with Crippen LogP contribution in [-0.2, 0) is 0 Å². The number of benzene rings is 8. The molecule has 12 heteroatoms. The first-order valence-electron chi connectivity index (χ1n) is 39.7. The van der Waals surface area contributed by atoms with E-state index in [0.717, 1.165) is 285 Å². The molecule has 0 aromatic heterocycles. The van der Waals surface area contributed by atoms with Crippen molar-refractivity contribution in [2.75, 3.05) is 52.9 Å². The highest BCUT2D eigenvalue weighted by Gasteiger charge is 2.38. The second-order valence-corrected chi connectivity index (χ2v) is 31.8. The van der Waals surface area contributed by atoms with Gasteiger partial charge in [-0.1, -0.05) is 270 Å². The number of rotatable bonds is 44. The molecular weight excluding hydrogens is 1550 g/mol. The standard InChI is InChI=1S/C92H116Br4O8/c1-9-17-25-49-97-81-61-82(98-50-26-18-10-2)74-57-73(81)89(65-33-41-69(93)42-34-65)75-58-76(84(100-52-28-20-12-4)62-83(75)99-51-27-19-11-3)91(67-37-45-71(95)46-38-67)79-60-80(88(104-56-32-24-16-8)64-87(79)103-55-31-23-15-7)92(68-39-47-72(96)48-40-68)78-59-77(90(74)66-35-43-70(94)44-36-66)85(101-53-29-21-13-5)63-86(78)102-54-30-22-14-6/h33-48,57-64,89-92H,9-32,49-56H2,1-8H3. The lowest BCUT2D eigenvalue weighted by molar-refractivity contribution is 0.282. The average molecular weight is 1670 g/mol. The van der Waals surface area contributed by atoms with E-state index < -0.39 is 23.7 Å². The largest absolute Gasteiger partial charge is 0.493 e. The fourth-order valence-electron chi connectivity index (χ4n) is 14.2. The Kier molecular flexibility index (Phi) is 35.1. The highest BCUT2D eigenvalue weighted by molar-refractivity contribution is 9.11. The average Bonchev–Trinajstić information content (AvgIpc) is 0.736. The summed E-state index contributed by atoms with van der Waals surface area (Å²) in [7, 11) is 0. The Bertz CT molecular complexity index is 3190. The Balaban J connectivity index is 1.60. The molecule has 8 aromatic rings. The van der Waals surface area contributed by atoms with E-state index in [-0.39, 0.29) is 0 Å². The molecule has 1 aliphatic rings. The first kappa shape index (κ1) is 82.1. The third-order valence-corrected chi connectivity index (χ3v) is 22.0. The molecule has 9 rings (SSSR count). The Morgan fingerprint density at radius 2 is 0.327 bits per heavy atom. The summed E-state index contributed by atoms with van der Waals surface area (Å²) in [5, 5.41) is 0. The fraction of sp³-hybridized carbons (Fsp3) is 0.478. The molecule has 8 aromatic carbocycles. The van der Waals surface area contributed by atoms with E-state index in [1.54, 1.807) is 0 Å². The van der Waals surface area contributed by atoms with Crippen LogP contribution in [0.5, 0.6) is 46.0 Å². The highest BCUT2D eigenvalue weighted by Crippen LogP contribution is 2.56. The smallest absolute Gasteiger partial charge is 0.127 e. The Hall–Kier alpha value is -5.92. The number of hydrogen-bond donors (Lipinski definition) is 0. The van der Waals surface area contributed by atoms with Gasteiger partial charge in [0, 0.05) is 110 Å². The lowest BCUT2D eigenvalue weighted by Gasteiger charge is -2.33. The second kappa shape index (κ2) is 44.4. The molecule has 8 nitrogen and oxygen atoms in total. The third kappa shape index (κ3) is 23.1. The molecule has 0 unspecified atom stereocenters. The van der Waals surface area contributed by atoms with Crippen molar-refractivity contribution in [3.8, 4) is 46.0 Å². The summed E-state index contributed by atoms with van der Waals surface area (Å²) in [5.74, 6) is 4.25. The van der Waals surface area contributed by atoms with Gasteiger partial charge in [0.1, 0.15) is 46.0 Å². The van der Waals surface area contributed by atoms with Crippen LogP contribution in [0.25, 0.3) is 0 Å². The summed E-state index contributed by atoms with van der Waals surface area (Å²) < 4.78 is 63.6. The van der Waals surface area contributed by atoms with Crippen molar-refractivity contribution in [1.82, 2.24) is 0 Å². The van der Waals surface area contributed by atoms with Gasteiger partial charge in [0.15, 0.2) is 0 Å². The van der Waals surface area contributed by atoms with E-state index in [4.69, 9.17) is 37.9 Å². The molecule has 0 amide bonds. The zero-order valence-corrected chi connectivity index (χ0v) is 69.9. The summed E-state index contributed by atoms with van der Waals surface area (Å²) >= 11 is 15.7. The molecule has 0 spiro atoms. The zero-order valence-electron chi connectivity index (χ0n) is 63.6. The minimum absolute atomic E-state index is 0.476. The van der Waals surface area contributed by atoms with Crippen LogP contribution < -0.4 is 37.9 Å². The number of hydrogen-bond acceptors (Lipinski definition) is 8. The summed E-state index contributed by atoms with van der Waals surface area (Å²) in [4.78, 5) is 0. The van der Waals surface area contributed by atoms with Gasteiger partial charge < -0.3 is 37.9 Å². The number of halogens is 4. The molecular formula is C92H116Br4O8. The van der Waals surface area contributed by atoms with Crippen molar-refractivity contribution in [1.29, 1.82) is 0 Å². The summed E-state index contributed by atoms with van der Waals surface area (Å²) in [6, 6.07) is 54.4.